The average Bonchev–Trinajstić information content (AvgIpc) is 2.80. The van der Waals surface area contributed by atoms with Crippen LogP contribution in [-0.2, 0) is 0 Å². The Morgan fingerprint density at radius 2 is 2.23 bits per heavy atom. The topological polar surface area (TPSA) is 50.4 Å². The molecule has 0 bridgehead atoms. The maximum atomic E-state index is 5.65. The molecule has 1 rings (SSSR count). The lowest BCUT2D eigenvalue weighted by Crippen LogP contribution is -2.36. The molecule has 0 saturated heterocycles. The molecular weight excluding hydrogens is 162 g/mol. The average molecular weight is 183 g/mol. The molecule has 0 amide bonds. The summed E-state index contributed by atoms with van der Waals surface area (Å²) < 4.78 is 0. The maximum absolute atomic E-state index is 5.65. The van der Waals surface area contributed by atoms with Crippen LogP contribution in [0.1, 0.15) is 39.5 Å². The number of aliphatic imine (C=N–C) groups is 1. The van der Waals surface area contributed by atoms with Gasteiger partial charge in [0.2, 0.25) is 0 Å². The molecule has 1 aliphatic carbocycles. The molecule has 3 heteroatoms. The van der Waals surface area contributed by atoms with E-state index in [-0.39, 0.29) is 0 Å². The van der Waals surface area contributed by atoms with Gasteiger partial charge in [0.25, 0.3) is 0 Å². The summed E-state index contributed by atoms with van der Waals surface area (Å²) in [5.41, 5.74) is 5.65. The first-order chi connectivity index (χ1) is 6.18. The second-order valence-electron chi connectivity index (χ2n) is 4.15. The van der Waals surface area contributed by atoms with Crippen LogP contribution >= 0.6 is 0 Å². The maximum Gasteiger partial charge on any atom is 0.188 e. The van der Waals surface area contributed by atoms with E-state index in [0.29, 0.717) is 12.0 Å². The summed E-state index contributed by atoms with van der Waals surface area (Å²) in [5.74, 6) is 1.60. The second kappa shape index (κ2) is 5.10. The first kappa shape index (κ1) is 10.4. The highest BCUT2D eigenvalue weighted by Crippen LogP contribution is 2.33. The summed E-state index contributed by atoms with van der Waals surface area (Å²) in [4.78, 5) is 4.25. The molecule has 76 valence electrons. The van der Waals surface area contributed by atoms with Gasteiger partial charge in [-0.1, -0.05) is 12.8 Å². The Morgan fingerprint density at radius 1 is 1.54 bits per heavy atom. The summed E-state index contributed by atoms with van der Waals surface area (Å²) in [6, 6.07) is 0.382. The molecule has 13 heavy (non-hydrogen) atoms. The lowest BCUT2D eigenvalue weighted by molar-refractivity contribution is 0.668. The third-order valence-electron chi connectivity index (χ3n) is 2.19. The molecular formula is C10H21N3. The van der Waals surface area contributed by atoms with Crippen LogP contribution in [0.25, 0.3) is 0 Å². The fourth-order valence-corrected chi connectivity index (χ4v) is 1.33. The van der Waals surface area contributed by atoms with Crippen LogP contribution in [0.4, 0.5) is 0 Å². The Hall–Kier alpha value is -0.730. The van der Waals surface area contributed by atoms with Gasteiger partial charge in [0.15, 0.2) is 5.96 Å². The molecule has 0 aromatic heterocycles. The monoisotopic (exact) mass is 183 g/mol. The summed E-state index contributed by atoms with van der Waals surface area (Å²) in [7, 11) is 0. The zero-order valence-electron chi connectivity index (χ0n) is 8.71. The number of nitrogens with zero attached hydrogens (tertiary/aromatic N) is 1. The quantitative estimate of drug-likeness (QED) is 0.385. The molecule has 0 heterocycles. The smallest absolute Gasteiger partial charge is 0.188 e. The molecule has 0 atom stereocenters. The van der Waals surface area contributed by atoms with E-state index < -0.39 is 0 Å². The van der Waals surface area contributed by atoms with E-state index in [1.165, 1.54) is 25.7 Å². The number of hydrogen-bond acceptors (Lipinski definition) is 1. The molecule has 0 aromatic carbocycles. The minimum Gasteiger partial charge on any atom is -0.370 e. The Morgan fingerprint density at radius 3 is 2.77 bits per heavy atom. The summed E-state index contributed by atoms with van der Waals surface area (Å²) in [6.45, 7) is 5.00. The van der Waals surface area contributed by atoms with Crippen LogP contribution in [0.2, 0.25) is 0 Å². The lowest BCUT2D eigenvalue weighted by Gasteiger charge is -2.07. The van der Waals surface area contributed by atoms with Crippen molar-refractivity contribution < 1.29 is 0 Å². The highest BCUT2D eigenvalue weighted by Gasteiger charge is 2.19. The molecule has 1 aliphatic rings. The van der Waals surface area contributed by atoms with Gasteiger partial charge >= 0.3 is 0 Å². The van der Waals surface area contributed by atoms with Crippen LogP contribution in [-0.4, -0.2) is 18.5 Å². The van der Waals surface area contributed by atoms with Crippen molar-refractivity contribution in [2.24, 2.45) is 16.6 Å². The zero-order chi connectivity index (χ0) is 9.68. The van der Waals surface area contributed by atoms with Crippen LogP contribution < -0.4 is 11.1 Å². The first-order valence-corrected chi connectivity index (χ1v) is 5.25. The molecule has 0 spiro atoms. The van der Waals surface area contributed by atoms with E-state index >= 15 is 0 Å². The predicted octanol–water partition coefficient (Wildman–Crippen LogP) is 1.49. The minimum absolute atomic E-state index is 0.382. The van der Waals surface area contributed by atoms with Gasteiger partial charge in [-0.25, -0.2) is 0 Å². The van der Waals surface area contributed by atoms with Crippen LogP contribution in [0.15, 0.2) is 4.99 Å². The van der Waals surface area contributed by atoms with Gasteiger partial charge in [0, 0.05) is 12.6 Å². The highest BCUT2D eigenvalue weighted by atomic mass is 15.1. The van der Waals surface area contributed by atoms with Crippen molar-refractivity contribution in [3.8, 4) is 0 Å². The van der Waals surface area contributed by atoms with E-state index in [1.807, 2.05) is 0 Å². The summed E-state index contributed by atoms with van der Waals surface area (Å²) in [6.07, 6.45) is 5.39. The van der Waals surface area contributed by atoms with Crippen LogP contribution in [0.5, 0.6) is 0 Å². The molecule has 1 fully saturated rings. The van der Waals surface area contributed by atoms with Crippen molar-refractivity contribution in [1.82, 2.24) is 5.32 Å². The van der Waals surface area contributed by atoms with Gasteiger partial charge < -0.3 is 11.1 Å². The Kier molecular flexibility index (Phi) is 4.06. The molecule has 3 nitrogen and oxygen atoms in total. The Bertz CT molecular complexity index is 171. The van der Waals surface area contributed by atoms with E-state index in [9.17, 15) is 0 Å². The number of nitrogens with one attached hydrogen (secondary N) is 1. The molecule has 1 saturated carbocycles. The van der Waals surface area contributed by atoms with Gasteiger partial charge in [-0.15, -0.1) is 0 Å². The second-order valence-corrected chi connectivity index (χ2v) is 4.15. The highest BCUT2D eigenvalue weighted by molar-refractivity contribution is 5.77. The molecule has 0 unspecified atom stereocenters. The van der Waals surface area contributed by atoms with Crippen molar-refractivity contribution in [3.05, 3.63) is 0 Å². The van der Waals surface area contributed by atoms with Crippen molar-refractivity contribution in [1.29, 1.82) is 0 Å². The van der Waals surface area contributed by atoms with Gasteiger partial charge in [-0.3, -0.25) is 4.99 Å². The van der Waals surface area contributed by atoms with Gasteiger partial charge in [0.05, 0.1) is 0 Å². The van der Waals surface area contributed by atoms with Crippen LogP contribution in [0, 0.1) is 5.92 Å². The Balaban J connectivity index is 1.99. The van der Waals surface area contributed by atoms with Crippen LogP contribution in [0.3, 0.4) is 0 Å². The largest absolute Gasteiger partial charge is 0.370 e. The Labute approximate surface area is 80.8 Å². The van der Waals surface area contributed by atoms with Gasteiger partial charge in [0.1, 0.15) is 0 Å². The number of nitrogens with two attached hydrogens (primary N) is 1. The summed E-state index contributed by atoms with van der Waals surface area (Å²) in [5, 5.41) is 3.07. The van der Waals surface area contributed by atoms with E-state index in [0.717, 1.165) is 12.5 Å². The predicted molar refractivity (Wildman–Crippen MR) is 56.7 cm³/mol. The first-order valence-electron chi connectivity index (χ1n) is 5.25. The molecule has 0 aromatic rings. The summed E-state index contributed by atoms with van der Waals surface area (Å²) >= 11 is 0. The van der Waals surface area contributed by atoms with E-state index in [1.54, 1.807) is 0 Å². The molecule has 3 N–H and O–H groups in total. The molecule has 0 radical (unpaired) electrons. The van der Waals surface area contributed by atoms with E-state index in [2.05, 4.69) is 24.2 Å². The SMILES string of the molecule is CC(C)NC(N)=NCCCC1CC1. The lowest BCUT2D eigenvalue weighted by atomic mass is 10.2. The number of guanidine groups is 1. The van der Waals surface area contributed by atoms with Gasteiger partial charge in [-0.05, 0) is 32.6 Å². The number of rotatable bonds is 5. The zero-order valence-corrected chi connectivity index (χ0v) is 8.71. The fraction of sp³-hybridized carbons (Fsp3) is 0.900. The third kappa shape index (κ3) is 5.50. The number of hydrogen-bond donors (Lipinski definition) is 2. The normalized spacial score (nSPS) is 17.9. The van der Waals surface area contributed by atoms with E-state index in [4.69, 9.17) is 5.73 Å². The third-order valence-corrected chi connectivity index (χ3v) is 2.19. The standard InChI is InChI=1S/C10H21N3/c1-8(2)13-10(11)12-7-3-4-9-5-6-9/h8-9H,3-7H2,1-2H3,(H3,11,12,13). The van der Waals surface area contributed by atoms with Crippen molar-refractivity contribution in [2.75, 3.05) is 6.54 Å². The van der Waals surface area contributed by atoms with Crippen molar-refractivity contribution in [3.63, 3.8) is 0 Å². The van der Waals surface area contributed by atoms with Crippen molar-refractivity contribution in [2.45, 2.75) is 45.6 Å². The molecule has 0 aliphatic heterocycles. The minimum atomic E-state index is 0.382. The fourth-order valence-electron chi connectivity index (χ4n) is 1.33. The van der Waals surface area contributed by atoms with Crippen molar-refractivity contribution >= 4 is 5.96 Å². The van der Waals surface area contributed by atoms with Gasteiger partial charge in [-0.2, -0.15) is 0 Å².